The van der Waals surface area contributed by atoms with Crippen LogP contribution in [0.25, 0.3) is 0 Å². The zero-order valence-electron chi connectivity index (χ0n) is 10.0. The summed E-state index contributed by atoms with van der Waals surface area (Å²) in [5.41, 5.74) is -0.691. The molecule has 0 atom stereocenters. The summed E-state index contributed by atoms with van der Waals surface area (Å²) in [6.45, 7) is 4.37. The van der Waals surface area contributed by atoms with Crippen molar-refractivity contribution in [2.75, 3.05) is 19.0 Å². The van der Waals surface area contributed by atoms with Gasteiger partial charge in [-0.05, 0) is 12.8 Å². The molecule has 1 heterocycles. The zero-order valence-corrected chi connectivity index (χ0v) is 10.0. The third-order valence-electron chi connectivity index (χ3n) is 2.76. The van der Waals surface area contributed by atoms with Gasteiger partial charge in [0.05, 0.1) is 25.1 Å². The second-order valence-corrected chi connectivity index (χ2v) is 3.73. The molecule has 2 N–H and O–H groups in total. The van der Waals surface area contributed by atoms with E-state index in [0.29, 0.717) is 31.1 Å². The molecular formula is C11H19N3O2. The number of methoxy groups -OCH3 is 1. The smallest absolute Gasteiger partial charge is 0.222 e. The van der Waals surface area contributed by atoms with Crippen LogP contribution in [0.3, 0.4) is 0 Å². The fourth-order valence-corrected chi connectivity index (χ4v) is 1.26. The number of nitrogens with zero attached hydrogens (tertiary/aromatic N) is 2. The average molecular weight is 225 g/mol. The number of anilines is 1. The Morgan fingerprint density at radius 2 is 1.88 bits per heavy atom. The van der Waals surface area contributed by atoms with Crippen molar-refractivity contribution in [1.82, 2.24) is 9.97 Å². The normalized spacial score (nSPS) is 11.2. The van der Waals surface area contributed by atoms with Crippen molar-refractivity contribution in [3.8, 4) is 5.75 Å². The van der Waals surface area contributed by atoms with Crippen molar-refractivity contribution in [3.05, 3.63) is 12.4 Å². The number of hydrogen-bond acceptors (Lipinski definition) is 5. The maximum atomic E-state index is 10.0. The lowest BCUT2D eigenvalue weighted by Crippen LogP contribution is -2.35. The van der Waals surface area contributed by atoms with Crippen molar-refractivity contribution in [3.63, 3.8) is 0 Å². The highest BCUT2D eigenvalue weighted by atomic mass is 16.5. The molecule has 0 saturated heterocycles. The first kappa shape index (κ1) is 12.7. The Labute approximate surface area is 95.9 Å². The number of aromatic nitrogens is 2. The SMILES string of the molecule is CCC(O)(CC)CNc1ncc(OC)cn1. The Kier molecular flexibility index (Phi) is 4.49. The molecule has 0 aliphatic rings. The average Bonchev–Trinajstić information content (AvgIpc) is 2.36. The lowest BCUT2D eigenvalue weighted by Gasteiger charge is -2.25. The van der Waals surface area contributed by atoms with Crippen LogP contribution in [0.4, 0.5) is 5.95 Å². The Balaban J connectivity index is 2.54. The van der Waals surface area contributed by atoms with Gasteiger partial charge in [-0.2, -0.15) is 0 Å². The van der Waals surface area contributed by atoms with Gasteiger partial charge in [0.1, 0.15) is 0 Å². The van der Waals surface area contributed by atoms with E-state index in [1.54, 1.807) is 19.5 Å². The van der Waals surface area contributed by atoms with Crippen molar-refractivity contribution < 1.29 is 9.84 Å². The molecule has 5 nitrogen and oxygen atoms in total. The number of rotatable bonds is 6. The largest absolute Gasteiger partial charge is 0.494 e. The van der Waals surface area contributed by atoms with Crippen LogP contribution >= 0.6 is 0 Å². The lowest BCUT2D eigenvalue weighted by atomic mass is 9.98. The van der Waals surface area contributed by atoms with Crippen molar-refractivity contribution in [2.24, 2.45) is 0 Å². The molecule has 5 heteroatoms. The van der Waals surface area contributed by atoms with Gasteiger partial charge in [-0.25, -0.2) is 9.97 Å². The summed E-state index contributed by atoms with van der Waals surface area (Å²) in [6, 6.07) is 0. The molecule has 0 aliphatic heterocycles. The van der Waals surface area contributed by atoms with Crippen LogP contribution in [0.15, 0.2) is 12.4 Å². The van der Waals surface area contributed by atoms with E-state index in [-0.39, 0.29) is 0 Å². The first-order valence-corrected chi connectivity index (χ1v) is 5.46. The van der Waals surface area contributed by atoms with Gasteiger partial charge in [-0.3, -0.25) is 0 Å². The molecule has 0 aliphatic carbocycles. The maximum Gasteiger partial charge on any atom is 0.222 e. The molecule has 1 rings (SSSR count). The number of ether oxygens (including phenoxy) is 1. The minimum Gasteiger partial charge on any atom is -0.494 e. The number of aliphatic hydroxyl groups is 1. The van der Waals surface area contributed by atoms with Crippen LogP contribution in [0.5, 0.6) is 5.75 Å². The topological polar surface area (TPSA) is 67.3 Å². The monoisotopic (exact) mass is 225 g/mol. The molecule has 0 amide bonds. The van der Waals surface area contributed by atoms with Crippen LogP contribution in [-0.4, -0.2) is 34.3 Å². The van der Waals surface area contributed by atoms with Crippen molar-refractivity contribution >= 4 is 5.95 Å². The second kappa shape index (κ2) is 5.65. The van der Waals surface area contributed by atoms with Gasteiger partial charge < -0.3 is 15.2 Å². The summed E-state index contributed by atoms with van der Waals surface area (Å²) in [5, 5.41) is 13.1. The van der Waals surface area contributed by atoms with Gasteiger partial charge in [0, 0.05) is 6.54 Å². The zero-order chi connectivity index (χ0) is 12.0. The highest BCUT2D eigenvalue weighted by Gasteiger charge is 2.21. The van der Waals surface area contributed by atoms with Crippen LogP contribution in [0.1, 0.15) is 26.7 Å². The Morgan fingerprint density at radius 1 is 1.31 bits per heavy atom. The van der Waals surface area contributed by atoms with Gasteiger partial charge in [-0.1, -0.05) is 13.8 Å². The highest BCUT2D eigenvalue weighted by Crippen LogP contribution is 2.15. The van der Waals surface area contributed by atoms with E-state index < -0.39 is 5.60 Å². The molecule has 16 heavy (non-hydrogen) atoms. The van der Waals surface area contributed by atoms with Gasteiger partial charge >= 0.3 is 0 Å². The standard InChI is InChI=1S/C11H19N3O2/c1-4-11(15,5-2)8-14-10-12-6-9(16-3)7-13-10/h6-7,15H,4-5,8H2,1-3H3,(H,12,13,14). The Bertz CT molecular complexity index is 310. The molecular weight excluding hydrogens is 206 g/mol. The van der Waals surface area contributed by atoms with Gasteiger partial charge in [0.25, 0.3) is 0 Å². The summed E-state index contributed by atoms with van der Waals surface area (Å²) in [5.74, 6) is 1.12. The molecule has 0 unspecified atom stereocenters. The maximum absolute atomic E-state index is 10.0. The van der Waals surface area contributed by atoms with E-state index in [0.717, 1.165) is 0 Å². The predicted molar refractivity (Wildman–Crippen MR) is 62.6 cm³/mol. The highest BCUT2D eigenvalue weighted by molar-refractivity contribution is 5.27. The Hall–Kier alpha value is -1.36. The molecule has 0 fully saturated rings. The van der Waals surface area contributed by atoms with Crippen molar-refractivity contribution in [2.45, 2.75) is 32.3 Å². The molecule has 1 aromatic rings. The van der Waals surface area contributed by atoms with Crippen LogP contribution in [0, 0.1) is 0 Å². The van der Waals surface area contributed by atoms with E-state index in [4.69, 9.17) is 4.74 Å². The minimum atomic E-state index is -0.691. The van der Waals surface area contributed by atoms with Crippen LogP contribution < -0.4 is 10.1 Å². The molecule has 0 saturated carbocycles. The summed E-state index contributed by atoms with van der Waals surface area (Å²) >= 11 is 0. The number of hydrogen-bond donors (Lipinski definition) is 2. The van der Waals surface area contributed by atoms with Crippen molar-refractivity contribution in [1.29, 1.82) is 0 Å². The lowest BCUT2D eigenvalue weighted by molar-refractivity contribution is 0.0455. The summed E-state index contributed by atoms with van der Waals surface area (Å²) in [7, 11) is 1.57. The summed E-state index contributed by atoms with van der Waals surface area (Å²) in [6.07, 6.45) is 4.58. The third kappa shape index (κ3) is 3.34. The van der Waals surface area contributed by atoms with E-state index >= 15 is 0 Å². The Morgan fingerprint density at radius 3 is 2.31 bits per heavy atom. The van der Waals surface area contributed by atoms with Crippen LogP contribution in [-0.2, 0) is 0 Å². The molecule has 0 bridgehead atoms. The molecule has 0 aromatic carbocycles. The van der Waals surface area contributed by atoms with Gasteiger partial charge in [0.15, 0.2) is 5.75 Å². The third-order valence-corrected chi connectivity index (χ3v) is 2.76. The van der Waals surface area contributed by atoms with Gasteiger partial charge in [-0.15, -0.1) is 0 Å². The van der Waals surface area contributed by atoms with E-state index in [2.05, 4.69) is 15.3 Å². The quantitative estimate of drug-likeness (QED) is 0.767. The predicted octanol–water partition coefficient (Wildman–Crippen LogP) is 1.45. The first-order valence-electron chi connectivity index (χ1n) is 5.46. The van der Waals surface area contributed by atoms with E-state index in [9.17, 15) is 5.11 Å². The summed E-state index contributed by atoms with van der Waals surface area (Å²) < 4.78 is 4.95. The molecule has 0 radical (unpaired) electrons. The second-order valence-electron chi connectivity index (χ2n) is 3.73. The minimum absolute atomic E-state index is 0.451. The molecule has 90 valence electrons. The number of nitrogens with one attached hydrogen (secondary N) is 1. The van der Waals surface area contributed by atoms with E-state index in [1.807, 2.05) is 13.8 Å². The van der Waals surface area contributed by atoms with E-state index in [1.165, 1.54) is 0 Å². The molecule has 1 aromatic heterocycles. The molecule has 0 spiro atoms. The summed E-state index contributed by atoms with van der Waals surface area (Å²) in [4.78, 5) is 8.13. The fourth-order valence-electron chi connectivity index (χ4n) is 1.26. The van der Waals surface area contributed by atoms with Gasteiger partial charge in [0.2, 0.25) is 5.95 Å². The first-order chi connectivity index (χ1) is 7.63. The van der Waals surface area contributed by atoms with Crippen LogP contribution in [0.2, 0.25) is 0 Å². The fraction of sp³-hybridized carbons (Fsp3) is 0.636.